The lowest BCUT2D eigenvalue weighted by Gasteiger charge is -2.36. The zero-order valence-electron chi connectivity index (χ0n) is 16.1. The topological polar surface area (TPSA) is 66.8 Å². The number of hydrogen-bond acceptors (Lipinski definition) is 6. The maximum atomic E-state index is 4.88. The van der Waals surface area contributed by atoms with Crippen molar-refractivity contribution >= 4 is 16.7 Å². The Balaban J connectivity index is 2.06. The lowest BCUT2D eigenvalue weighted by Crippen LogP contribution is -2.45. The third kappa shape index (κ3) is 3.65. The standard InChI is InChI=1S/C20H26N6/c1-14(21-4)20(2,3)13-26(5)19-16-8-11-23-12-17(16)24-18(25-19)15-6-9-22-10-7-15/h6-12,14,21H,13H2,1-5H3. The molecule has 0 amide bonds. The van der Waals surface area contributed by atoms with Crippen molar-refractivity contribution in [1.29, 1.82) is 0 Å². The molecule has 1 unspecified atom stereocenters. The summed E-state index contributed by atoms with van der Waals surface area (Å²) < 4.78 is 0. The van der Waals surface area contributed by atoms with E-state index in [9.17, 15) is 0 Å². The van der Waals surface area contributed by atoms with Gasteiger partial charge in [0.1, 0.15) is 5.82 Å². The molecule has 0 fully saturated rings. The van der Waals surface area contributed by atoms with Gasteiger partial charge in [-0.1, -0.05) is 13.8 Å². The second-order valence-corrected chi connectivity index (χ2v) is 7.35. The van der Waals surface area contributed by atoms with Gasteiger partial charge in [0.15, 0.2) is 5.82 Å². The molecule has 136 valence electrons. The van der Waals surface area contributed by atoms with Crippen LogP contribution in [0.5, 0.6) is 0 Å². The van der Waals surface area contributed by atoms with Gasteiger partial charge in [0.25, 0.3) is 0 Å². The molecule has 6 heteroatoms. The van der Waals surface area contributed by atoms with Crippen molar-refractivity contribution < 1.29 is 0 Å². The average molecular weight is 350 g/mol. The number of fused-ring (bicyclic) bond motifs is 1. The van der Waals surface area contributed by atoms with Gasteiger partial charge in [-0.25, -0.2) is 9.97 Å². The normalized spacial score (nSPS) is 13.0. The van der Waals surface area contributed by atoms with Gasteiger partial charge in [-0.15, -0.1) is 0 Å². The van der Waals surface area contributed by atoms with Crippen molar-refractivity contribution in [3.63, 3.8) is 0 Å². The minimum absolute atomic E-state index is 0.0740. The lowest BCUT2D eigenvalue weighted by atomic mass is 9.85. The second kappa shape index (κ2) is 7.33. The van der Waals surface area contributed by atoms with Crippen LogP contribution in [0.3, 0.4) is 0 Å². The number of aromatic nitrogens is 4. The molecule has 0 aliphatic carbocycles. The van der Waals surface area contributed by atoms with Crippen molar-refractivity contribution in [1.82, 2.24) is 25.3 Å². The predicted molar refractivity (Wildman–Crippen MR) is 106 cm³/mol. The number of nitrogens with one attached hydrogen (secondary N) is 1. The van der Waals surface area contributed by atoms with Crippen LogP contribution in [-0.2, 0) is 0 Å². The van der Waals surface area contributed by atoms with Crippen molar-refractivity contribution in [2.24, 2.45) is 5.41 Å². The number of nitrogens with zero attached hydrogens (tertiary/aromatic N) is 5. The van der Waals surface area contributed by atoms with E-state index in [1.54, 1.807) is 24.8 Å². The van der Waals surface area contributed by atoms with Crippen LogP contribution in [0.4, 0.5) is 5.82 Å². The summed E-state index contributed by atoms with van der Waals surface area (Å²) in [5.41, 5.74) is 1.86. The van der Waals surface area contributed by atoms with Crippen molar-refractivity contribution in [3.8, 4) is 11.4 Å². The summed E-state index contributed by atoms with van der Waals surface area (Å²) in [6.07, 6.45) is 7.09. The molecule has 0 bridgehead atoms. The number of anilines is 1. The third-order valence-electron chi connectivity index (χ3n) is 5.03. The maximum absolute atomic E-state index is 4.88. The van der Waals surface area contributed by atoms with Gasteiger partial charge in [0.2, 0.25) is 0 Å². The molecule has 1 atom stereocenters. The highest BCUT2D eigenvalue weighted by Gasteiger charge is 2.27. The first-order chi connectivity index (χ1) is 12.4. The molecule has 26 heavy (non-hydrogen) atoms. The molecule has 0 aliphatic rings. The Morgan fingerprint density at radius 1 is 1.08 bits per heavy atom. The second-order valence-electron chi connectivity index (χ2n) is 7.35. The molecule has 3 aromatic rings. The first-order valence-electron chi connectivity index (χ1n) is 8.83. The Labute approximate surface area is 154 Å². The van der Waals surface area contributed by atoms with E-state index >= 15 is 0 Å². The zero-order chi connectivity index (χ0) is 18.7. The fraction of sp³-hybridized carbons (Fsp3) is 0.400. The average Bonchev–Trinajstić information content (AvgIpc) is 2.66. The van der Waals surface area contributed by atoms with Gasteiger partial charge in [-0.2, -0.15) is 0 Å². The summed E-state index contributed by atoms with van der Waals surface area (Å²) in [7, 11) is 4.09. The smallest absolute Gasteiger partial charge is 0.162 e. The molecule has 0 saturated heterocycles. The quantitative estimate of drug-likeness (QED) is 0.737. The first kappa shape index (κ1) is 18.2. The minimum atomic E-state index is 0.0740. The van der Waals surface area contributed by atoms with Crippen LogP contribution in [0.1, 0.15) is 20.8 Å². The molecule has 6 nitrogen and oxygen atoms in total. The minimum Gasteiger partial charge on any atom is -0.358 e. The van der Waals surface area contributed by atoms with Gasteiger partial charge in [0, 0.05) is 49.2 Å². The Kier molecular flexibility index (Phi) is 5.13. The Bertz CT molecular complexity index is 878. The molecule has 0 aliphatic heterocycles. The van der Waals surface area contributed by atoms with E-state index < -0.39 is 0 Å². The molecule has 3 heterocycles. The summed E-state index contributed by atoms with van der Waals surface area (Å²) in [6.45, 7) is 7.59. The molecule has 0 spiro atoms. The summed E-state index contributed by atoms with van der Waals surface area (Å²) in [4.78, 5) is 20.1. The van der Waals surface area contributed by atoms with Crippen LogP contribution >= 0.6 is 0 Å². The molecular weight excluding hydrogens is 324 g/mol. The summed E-state index contributed by atoms with van der Waals surface area (Å²) in [5, 5.41) is 4.37. The van der Waals surface area contributed by atoms with Gasteiger partial charge in [0.05, 0.1) is 11.7 Å². The predicted octanol–water partition coefficient (Wildman–Crippen LogP) is 3.16. The monoisotopic (exact) mass is 350 g/mol. The SMILES string of the molecule is CNC(C)C(C)(C)CN(C)c1nc(-c2ccncc2)nc2cnccc12. The van der Waals surface area contributed by atoms with E-state index in [4.69, 9.17) is 9.97 Å². The Hall–Kier alpha value is -2.60. The maximum Gasteiger partial charge on any atom is 0.162 e. The number of hydrogen-bond donors (Lipinski definition) is 1. The lowest BCUT2D eigenvalue weighted by molar-refractivity contribution is 0.275. The van der Waals surface area contributed by atoms with Crippen LogP contribution in [0.2, 0.25) is 0 Å². The van der Waals surface area contributed by atoms with E-state index in [2.05, 4.69) is 48.0 Å². The van der Waals surface area contributed by atoms with Gasteiger partial charge < -0.3 is 10.2 Å². The van der Waals surface area contributed by atoms with Crippen LogP contribution < -0.4 is 10.2 Å². The van der Waals surface area contributed by atoms with Crippen LogP contribution in [0.15, 0.2) is 43.0 Å². The molecule has 3 aromatic heterocycles. The van der Waals surface area contributed by atoms with E-state index in [-0.39, 0.29) is 5.41 Å². The molecule has 0 aromatic carbocycles. The Morgan fingerprint density at radius 3 is 2.46 bits per heavy atom. The summed E-state index contributed by atoms with van der Waals surface area (Å²) in [6, 6.07) is 6.20. The zero-order valence-corrected chi connectivity index (χ0v) is 16.1. The molecular formula is C20H26N6. The highest BCUT2D eigenvalue weighted by molar-refractivity contribution is 5.90. The van der Waals surface area contributed by atoms with Gasteiger partial charge in [-0.3, -0.25) is 9.97 Å². The molecule has 0 radical (unpaired) electrons. The third-order valence-corrected chi connectivity index (χ3v) is 5.03. The number of rotatable bonds is 6. The van der Waals surface area contributed by atoms with E-state index in [1.165, 1.54) is 0 Å². The van der Waals surface area contributed by atoms with Crippen molar-refractivity contribution in [2.75, 3.05) is 25.5 Å². The van der Waals surface area contributed by atoms with E-state index in [1.807, 2.05) is 25.2 Å². The molecule has 0 saturated carbocycles. The summed E-state index contributed by atoms with van der Waals surface area (Å²) in [5.74, 6) is 1.61. The van der Waals surface area contributed by atoms with Crippen molar-refractivity contribution in [3.05, 3.63) is 43.0 Å². The fourth-order valence-corrected chi connectivity index (χ4v) is 3.10. The number of pyridine rings is 2. The van der Waals surface area contributed by atoms with E-state index in [0.717, 1.165) is 28.8 Å². The van der Waals surface area contributed by atoms with E-state index in [0.29, 0.717) is 11.9 Å². The fourth-order valence-electron chi connectivity index (χ4n) is 3.10. The first-order valence-corrected chi connectivity index (χ1v) is 8.83. The highest BCUT2D eigenvalue weighted by Crippen LogP contribution is 2.29. The van der Waals surface area contributed by atoms with Crippen molar-refractivity contribution in [2.45, 2.75) is 26.8 Å². The molecule has 1 N–H and O–H groups in total. The molecule has 3 rings (SSSR count). The largest absolute Gasteiger partial charge is 0.358 e. The van der Waals surface area contributed by atoms with Gasteiger partial charge >= 0.3 is 0 Å². The summed E-state index contributed by atoms with van der Waals surface area (Å²) >= 11 is 0. The Morgan fingerprint density at radius 2 is 1.77 bits per heavy atom. The van der Waals surface area contributed by atoms with Crippen LogP contribution in [-0.4, -0.2) is 46.6 Å². The van der Waals surface area contributed by atoms with Gasteiger partial charge in [-0.05, 0) is 37.6 Å². The van der Waals surface area contributed by atoms with Crippen LogP contribution in [0, 0.1) is 5.41 Å². The highest BCUT2D eigenvalue weighted by atomic mass is 15.2. The van der Waals surface area contributed by atoms with Crippen LogP contribution in [0.25, 0.3) is 22.3 Å².